The van der Waals surface area contributed by atoms with E-state index < -0.39 is 0 Å². The number of imidazole rings is 1. The molecule has 1 aromatic heterocycles. The first-order valence-electron chi connectivity index (χ1n) is 5.70. The molecule has 1 aromatic rings. The van der Waals surface area contributed by atoms with Gasteiger partial charge in [0.15, 0.2) is 0 Å². The van der Waals surface area contributed by atoms with Crippen molar-refractivity contribution in [3.8, 4) is 0 Å². The molecule has 7 heteroatoms. The van der Waals surface area contributed by atoms with E-state index in [9.17, 15) is 9.59 Å². The fourth-order valence-corrected chi connectivity index (χ4v) is 1.38. The van der Waals surface area contributed by atoms with Crippen molar-refractivity contribution < 1.29 is 19.1 Å². The number of ether oxygens (including phenoxy) is 2. The van der Waals surface area contributed by atoms with Gasteiger partial charge in [0.2, 0.25) is 0 Å². The van der Waals surface area contributed by atoms with Crippen LogP contribution in [-0.2, 0) is 14.3 Å². The molecule has 0 aliphatic carbocycles. The van der Waals surface area contributed by atoms with Gasteiger partial charge in [0, 0.05) is 13.1 Å². The van der Waals surface area contributed by atoms with Crippen LogP contribution in [0.3, 0.4) is 0 Å². The van der Waals surface area contributed by atoms with Crippen LogP contribution in [0.1, 0.15) is 17.4 Å². The quantitative estimate of drug-likeness (QED) is 0.772. The van der Waals surface area contributed by atoms with Gasteiger partial charge in [0.05, 0.1) is 32.3 Å². The van der Waals surface area contributed by atoms with Gasteiger partial charge in [-0.25, -0.2) is 4.98 Å². The Labute approximate surface area is 105 Å². The lowest BCUT2D eigenvalue weighted by atomic mass is 10.3. The van der Waals surface area contributed by atoms with Gasteiger partial charge in [-0.05, 0) is 6.92 Å². The number of hydrogen-bond donors (Lipinski definition) is 1. The Hall–Kier alpha value is -1.89. The van der Waals surface area contributed by atoms with Gasteiger partial charge in [0.25, 0.3) is 12.4 Å². The van der Waals surface area contributed by atoms with Gasteiger partial charge in [0.1, 0.15) is 5.69 Å². The Morgan fingerprint density at radius 2 is 2.33 bits per heavy atom. The van der Waals surface area contributed by atoms with Crippen molar-refractivity contribution in [1.29, 1.82) is 0 Å². The van der Waals surface area contributed by atoms with Crippen LogP contribution in [0.15, 0.2) is 12.5 Å². The highest BCUT2D eigenvalue weighted by atomic mass is 16.5. The van der Waals surface area contributed by atoms with E-state index in [0.717, 1.165) is 0 Å². The number of aromatic amines is 1. The van der Waals surface area contributed by atoms with E-state index >= 15 is 0 Å². The van der Waals surface area contributed by atoms with Gasteiger partial charge in [-0.15, -0.1) is 0 Å². The van der Waals surface area contributed by atoms with Gasteiger partial charge in [-0.1, -0.05) is 0 Å². The molecule has 2 rings (SSSR count). The summed E-state index contributed by atoms with van der Waals surface area (Å²) in [7, 11) is 0. The molecular formula is C11H17N3O4. The third kappa shape index (κ3) is 4.54. The average molecular weight is 255 g/mol. The molecule has 7 nitrogen and oxygen atoms in total. The third-order valence-corrected chi connectivity index (χ3v) is 2.26. The van der Waals surface area contributed by atoms with Crippen molar-refractivity contribution in [3.05, 3.63) is 18.2 Å². The highest BCUT2D eigenvalue weighted by Gasteiger charge is 2.18. The molecule has 1 N–H and O–H groups in total. The van der Waals surface area contributed by atoms with E-state index in [1.54, 1.807) is 11.8 Å². The third-order valence-electron chi connectivity index (χ3n) is 2.26. The minimum atomic E-state index is 0.000741. The number of amides is 1. The summed E-state index contributed by atoms with van der Waals surface area (Å²) >= 11 is 0. The average Bonchev–Trinajstić information content (AvgIpc) is 2.94. The molecular weight excluding hydrogens is 238 g/mol. The number of nitrogens with one attached hydrogen (secondary N) is 1. The molecule has 18 heavy (non-hydrogen) atoms. The summed E-state index contributed by atoms with van der Waals surface area (Å²) in [6, 6.07) is 0. The molecule has 100 valence electrons. The number of rotatable bonds is 3. The Kier molecular flexibility index (Phi) is 6.49. The number of carbonyl (C=O) groups is 2. The fourth-order valence-electron chi connectivity index (χ4n) is 1.38. The van der Waals surface area contributed by atoms with Crippen molar-refractivity contribution in [2.24, 2.45) is 0 Å². The minimum Gasteiger partial charge on any atom is -0.468 e. The van der Waals surface area contributed by atoms with Crippen LogP contribution in [0, 0.1) is 0 Å². The monoisotopic (exact) mass is 255 g/mol. The predicted octanol–water partition coefficient (Wildman–Crippen LogP) is 0.0614. The molecule has 1 fully saturated rings. The Morgan fingerprint density at radius 3 is 2.78 bits per heavy atom. The first-order chi connectivity index (χ1) is 8.79. The summed E-state index contributed by atoms with van der Waals surface area (Å²) < 4.78 is 9.30. The number of hydrogen-bond acceptors (Lipinski definition) is 5. The number of aromatic nitrogens is 2. The SMILES string of the molecule is CCOC=O.O=C(c1cnc[nH]1)N1CCOCC1. The van der Waals surface area contributed by atoms with Gasteiger partial charge < -0.3 is 19.4 Å². The summed E-state index contributed by atoms with van der Waals surface area (Å²) in [5.41, 5.74) is 0.543. The summed E-state index contributed by atoms with van der Waals surface area (Å²) in [6.45, 7) is 5.24. The summed E-state index contributed by atoms with van der Waals surface area (Å²) in [5, 5.41) is 0. The molecule has 0 bridgehead atoms. The normalized spacial score (nSPS) is 14.4. The van der Waals surface area contributed by atoms with Crippen LogP contribution >= 0.6 is 0 Å². The zero-order chi connectivity index (χ0) is 13.2. The van der Waals surface area contributed by atoms with Crippen molar-refractivity contribution in [2.45, 2.75) is 6.92 Å². The van der Waals surface area contributed by atoms with Crippen LogP contribution in [0.25, 0.3) is 0 Å². The zero-order valence-corrected chi connectivity index (χ0v) is 10.3. The lowest BCUT2D eigenvalue weighted by Gasteiger charge is -2.26. The zero-order valence-electron chi connectivity index (χ0n) is 10.3. The number of nitrogens with zero attached hydrogens (tertiary/aromatic N) is 2. The maximum Gasteiger partial charge on any atom is 0.293 e. The first kappa shape index (κ1) is 14.2. The topological polar surface area (TPSA) is 84.5 Å². The lowest BCUT2D eigenvalue weighted by molar-refractivity contribution is -0.128. The van der Waals surface area contributed by atoms with E-state index in [0.29, 0.717) is 45.1 Å². The summed E-state index contributed by atoms with van der Waals surface area (Å²) in [5.74, 6) is 0.000741. The van der Waals surface area contributed by atoms with Crippen LogP contribution in [-0.4, -0.2) is 60.2 Å². The van der Waals surface area contributed by atoms with E-state index in [-0.39, 0.29) is 5.91 Å². The first-order valence-corrected chi connectivity index (χ1v) is 5.70. The maximum atomic E-state index is 11.7. The molecule has 1 saturated heterocycles. The van der Waals surface area contributed by atoms with Gasteiger partial charge >= 0.3 is 0 Å². The van der Waals surface area contributed by atoms with Gasteiger partial charge in [-0.2, -0.15) is 0 Å². The molecule has 0 radical (unpaired) electrons. The second-order valence-electron chi connectivity index (χ2n) is 3.42. The standard InChI is InChI=1S/C8H11N3O2.C3H6O2/c12-8(7-5-9-6-10-7)11-1-3-13-4-2-11;1-2-5-3-4/h5-6H,1-4H2,(H,9,10);3H,2H2,1H3. The summed E-state index contributed by atoms with van der Waals surface area (Å²) in [6.07, 6.45) is 3.05. The number of carbonyl (C=O) groups excluding carboxylic acids is 2. The van der Waals surface area contributed by atoms with Crippen molar-refractivity contribution in [3.63, 3.8) is 0 Å². The Bertz CT molecular complexity index is 347. The second kappa shape index (κ2) is 8.24. The van der Waals surface area contributed by atoms with Crippen LogP contribution in [0.2, 0.25) is 0 Å². The summed E-state index contributed by atoms with van der Waals surface area (Å²) in [4.78, 5) is 29.2. The molecule has 2 heterocycles. The number of H-pyrrole nitrogens is 1. The Balaban J connectivity index is 0.000000280. The van der Waals surface area contributed by atoms with E-state index in [2.05, 4.69) is 14.7 Å². The molecule has 0 aromatic carbocycles. The lowest BCUT2D eigenvalue weighted by Crippen LogP contribution is -2.40. The van der Waals surface area contributed by atoms with Crippen LogP contribution in [0.5, 0.6) is 0 Å². The van der Waals surface area contributed by atoms with E-state index in [1.807, 2.05) is 0 Å². The van der Waals surface area contributed by atoms with Gasteiger partial charge in [-0.3, -0.25) is 9.59 Å². The Morgan fingerprint density at radius 1 is 1.61 bits per heavy atom. The predicted molar refractivity (Wildman–Crippen MR) is 63.0 cm³/mol. The van der Waals surface area contributed by atoms with Crippen molar-refractivity contribution in [2.75, 3.05) is 32.9 Å². The molecule has 1 aliphatic rings. The van der Waals surface area contributed by atoms with E-state index in [4.69, 9.17) is 4.74 Å². The largest absolute Gasteiger partial charge is 0.468 e. The van der Waals surface area contributed by atoms with E-state index in [1.165, 1.54) is 12.5 Å². The molecule has 0 spiro atoms. The molecule has 0 saturated carbocycles. The fraction of sp³-hybridized carbons (Fsp3) is 0.545. The molecule has 0 atom stereocenters. The smallest absolute Gasteiger partial charge is 0.293 e. The van der Waals surface area contributed by atoms with Crippen LogP contribution < -0.4 is 0 Å². The minimum absolute atomic E-state index is 0.000741. The molecule has 1 amide bonds. The highest BCUT2D eigenvalue weighted by Crippen LogP contribution is 2.03. The molecule has 1 aliphatic heterocycles. The molecule has 0 unspecified atom stereocenters. The maximum absolute atomic E-state index is 11.7. The van der Waals surface area contributed by atoms with Crippen molar-refractivity contribution >= 4 is 12.4 Å². The number of morpholine rings is 1. The van der Waals surface area contributed by atoms with Crippen LogP contribution in [0.4, 0.5) is 0 Å². The highest BCUT2D eigenvalue weighted by molar-refractivity contribution is 5.92. The second-order valence-corrected chi connectivity index (χ2v) is 3.42. The van der Waals surface area contributed by atoms with Crippen molar-refractivity contribution in [1.82, 2.24) is 14.9 Å².